The van der Waals surface area contributed by atoms with Crippen LogP contribution in [0.2, 0.25) is 0 Å². The maximum Gasteiger partial charge on any atom is 0.324 e. The van der Waals surface area contributed by atoms with Crippen LogP contribution in [0.25, 0.3) is 11.1 Å². The molecule has 1 aromatic carbocycles. The number of halogens is 1. The summed E-state index contributed by atoms with van der Waals surface area (Å²) < 4.78 is 20.6. The molecule has 1 spiro atoms. The Hall–Kier alpha value is -3.86. The quantitative estimate of drug-likeness (QED) is 0.362. The summed E-state index contributed by atoms with van der Waals surface area (Å²) in [6, 6.07) is 2.58. The lowest BCUT2D eigenvalue weighted by atomic mass is 10.0. The first kappa shape index (κ1) is 23.5. The topological polar surface area (TPSA) is 131 Å². The summed E-state index contributed by atoms with van der Waals surface area (Å²) in [7, 11) is 1.78. The van der Waals surface area contributed by atoms with Crippen molar-refractivity contribution in [2.24, 2.45) is 11.1 Å². The summed E-state index contributed by atoms with van der Waals surface area (Å²) in [4.78, 5) is 32.5. The van der Waals surface area contributed by atoms with Gasteiger partial charge >= 0.3 is 6.01 Å². The van der Waals surface area contributed by atoms with E-state index in [0.29, 0.717) is 30.4 Å². The molecule has 2 atom stereocenters. The third-order valence-corrected chi connectivity index (χ3v) is 7.58. The van der Waals surface area contributed by atoms with E-state index in [0.717, 1.165) is 47.5 Å². The van der Waals surface area contributed by atoms with Crippen molar-refractivity contribution in [1.29, 1.82) is 0 Å². The highest BCUT2D eigenvalue weighted by Gasteiger charge is 2.56. The van der Waals surface area contributed by atoms with Gasteiger partial charge in [0.2, 0.25) is 5.91 Å². The van der Waals surface area contributed by atoms with Crippen LogP contribution in [0.15, 0.2) is 24.5 Å². The Labute approximate surface area is 213 Å². The first-order valence-corrected chi connectivity index (χ1v) is 12.5. The van der Waals surface area contributed by atoms with Crippen LogP contribution in [-0.4, -0.2) is 58.1 Å². The van der Waals surface area contributed by atoms with Gasteiger partial charge in [-0.05, 0) is 49.9 Å². The first-order chi connectivity index (χ1) is 17.8. The number of fused-ring (bicyclic) bond motifs is 3. The molecule has 4 N–H and O–H groups in total. The van der Waals surface area contributed by atoms with Gasteiger partial charge in [-0.15, -0.1) is 0 Å². The van der Waals surface area contributed by atoms with Gasteiger partial charge in [0.15, 0.2) is 5.75 Å². The zero-order valence-electron chi connectivity index (χ0n) is 21.0. The van der Waals surface area contributed by atoms with Gasteiger partial charge in [0, 0.05) is 43.2 Å². The second kappa shape index (κ2) is 8.62. The molecule has 0 bridgehead atoms. The smallest absolute Gasteiger partial charge is 0.324 e. The number of aromatic nitrogens is 4. The highest BCUT2D eigenvalue weighted by molar-refractivity contribution is 5.88. The van der Waals surface area contributed by atoms with Crippen LogP contribution in [0.5, 0.6) is 11.8 Å². The number of carbonyl (C=O) groups is 1. The molecule has 3 aliphatic rings. The van der Waals surface area contributed by atoms with Crippen molar-refractivity contribution in [2.75, 3.05) is 30.4 Å². The van der Waals surface area contributed by atoms with Crippen LogP contribution in [-0.2, 0) is 11.2 Å². The summed E-state index contributed by atoms with van der Waals surface area (Å²) in [5.74, 6) is 1.23. The van der Waals surface area contributed by atoms with Gasteiger partial charge in [-0.3, -0.25) is 4.79 Å². The van der Waals surface area contributed by atoms with Crippen molar-refractivity contribution in [1.82, 2.24) is 25.3 Å². The number of nitrogens with zero attached hydrogens (tertiary/aromatic N) is 5. The minimum Gasteiger partial charge on any atom is -0.421 e. The Morgan fingerprint density at radius 3 is 2.70 bits per heavy atom. The molecular formula is C26H29FN8O2. The fourth-order valence-electron chi connectivity index (χ4n) is 5.43. The van der Waals surface area contributed by atoms with Gasteiger partial charge in [-0.2, -0.15) is 9.97 Å². The second-order valence-electron chi connectivity index (χ2n) is 10.2. The second-order valence-corrected chi connectivity index (χ2v) is 10.2. The number of rotatable bonds is 6. The Morgan fingerprint density at radius 1 is 1.27 bits per heavy atom. The fraction of sp³-hybridized carbons (Fsp3) is 0.423. The van der Waals surface area contributed by atoms with Crippen molar-refractivity contribution in [2.45, 2.75) is 45.2 Å². The lowest BCUT2D eigenvalue weighted by molar-refractivity contribution is -0.122. The Bertz CT molecular complexity index is 1390. The molecule has 11 heteroatoms. The first-order valence-electron chi connectivity index (χ1n) is 12.5. The predicted octanol–water partition coefficient (Wildman–Crippen LogP) is 2.55. The number of hydrogen-bond acceptors (Lipinski definition) is 9. The number of anilines is 2. The largest absolute Gasteiger partial charge is 0.421 e. The van der Waals surface area contributed by atoms with Crippen molar-refractivity contribution in [3.63, 3.8) is 0 Å². The molecule has 10 nitrogen and oxygen atoms in total. The SMILES string of the molecule is CNc1cc(F)cc2c1Cc1nc(Oc3cnc(C)nc3)nc(N3C[C@H](NC(=O)[C@H](C)N)C4(CC4)C3)c1-2. The maximum atomic E-state index is 14.6. The molecule has 6 rings (SSSR count). The highest BCUT2D eigenvalue weighted by atomic mass is 19.1. The van der Waals surface area contributed by atoms with Crippen molar-refractivity contribution < 1.29 is 13.9 Å². The van der Waals surface area contributed by atoms with E-state index in [2.05, 4.69) is 25.5 Å². The number of amides is 1. The molecule has 1 saturated heterocycles. The molecule has 2 aromatic heterocycles. The number of carbonyl (C=O) groups excluding carboxylic acids is 1. The minimum absolute atomic E-state index is 0.0201. The van der Waals surface area contributed by atoms with Crippen LogP contribution in [0, 0.1) is 18.2 Å². The number of hydrogen-bond donors (Lipinski definition) is 3. The van der Waals surface area contributed by atoms with Crippen LogP contribution < -0.4 is 26.0 Å². The average Bonchev–Trinajstić information content (AvgIpc) is 3.43. The molecule has 2 fully saturated rings. The molecule has 0 radical (unpaired) electrons. The zero-order valence-corrected chi connectivity index (χ0v) is 21.0. The lowest BCUT2D eigenvalue weighted by Gasteiger charge is -2.22. The maximum absolute atomic E-state index is 14.6. The number of benzene rings is 1. The summed E-state index contributed by atoms with van der Waals surface area (Å²) in [6.07, 6.45) is 5.70. The molecule has 1 saturated carbocycles. The molecular weight excluding hydrogens is 475 g/mol. The van der Waals surface area contributed by atoms with Gasteiger partial charge in [-0.1, -0.05) is 0 Å². The van der Waals surface area contributed by atoms with Gasteiger partial charge < -0.3 is 26.0 Å². The third kappa shape index (κ3) is 4.12. The van der Waals surface area contributed by atoms with Gasteiger partial charge in [-0.25, -0.2) is 14.4 Å². The van der Waals surface area contributed by atoms with E-state index in [1.807, 2.05) is 0 Å². The summed E-state index contributed by atoms with van der Waals surface area (Å²) >= 11 is 0. The lowest BCUT2D eigenvalue weighted by Crippen LogP contribution is -2.47. The van der Waals surface area contributed by atoms with Crippen molar-refractivity contribution in [3.05, 3.63) is 47.4 Å². The van der Waals surface area contributed by atoms with Crippen LogP contribution >= 0.6 is 0 Å². The van der Waals surface area contributed by atoms with Crippen molar-refractivity contribution in [3.8, 4) is 22.9 Å². The molecule has 3 aromatic rings. The third-order valence-electron chi connectivity index (χ3n) is 7.58. The molecule has 0 unspecified atom stereocenters. The molecule has 192 valence electrons. The van der Waals surface area contributed by atoms with Crippen LogP contribution in [0.4, 0.5) is 15.9 Å². The highest BCUT2D eigenvalue weighted by Crippen LogP contribution is 2.55. The Kier molecular flexibility index (Phi) is 5.48. The summed E-state index contributed by atoms with van der Waals surface area (Å²) in [5.41, 5.74) is 9.82. The normalized spacial score (nSPS) is 19.4. The van der Waals surface area contributed by atoms with E-state index >= 15 is 0 Å². The number of ether oxygens (including phenoxy) is 1. The molecule has 1 aliphatic heterocycles. The summed E-state index contributed by atoms with van der Waals surface area (Å²) in [5, 5.41) is 6.24. The monoisotopic (exact) mass is 504 g/mol. The van der Waals surface area contributed by atoms with Crippen molar-refractivity contribution >= 4 is 17.4 Å². The van der Waals surface area contributed by atoms with Gasteiger partial charge in [0.1, 0.15) is 17.5 Å². The Morgan fingerprint density at radius 2 is 2.03 bits per heavy atom. The van der Waals surface area contributed by atoms with E-state index in [-0.39, 0.29) is 29.2 Å². The fourth-order valence-corrected chi connectivity index (χ4v) is 5.43. The zero-order chi connectivity index (χ0) is 25.9. The summed E-state index contributed by atoms with van der Waals surface area (Å²) in [6.45, 7) is 4.77. The standard InChI is InChI=1S/C26H29FN8O2/c1-13(28)24(36)33-21-11-35(12-26(21)4-5-26)23-22-18-6-15(27)7-19(29-3)17(18)8-20(22)32-25(34-23)37-16-9-30-14(2)31-10-16/h6-7,9-10,13,21,29H,4-5,8,11-12,28H2,1-3H3,(H,33,36)/t13-,21-/m0/s1. The number of nitrogens with two attached hydrogens (primary N) is 1. The number of aryl methyl sites for hydroxylation is 1. The molecule has 3 heterocycles. The van der Waals surface area contributed by atoms with E-state index in [9.17, 15) is 9.18 Å². The average molecular weight is 505 g/mol. The number of nitrogens with one attached hydrogen (secondary N) is 2. The predicted molar refractivity (Wildman–Crippen MR) is 136 cm³/mol. The molecule has 1 amide bonds. The van der Waals surface area contributed by atoms with E-state index in [1.54, 1.807) is 39.4 Å². The minimum atomic E-state index is -0.584. The van der Waals surface area contributed by atoms with E-state index in [1.165, 1.54) is 6.07 Å². The Balaban J connectivity index is 1.42. The van der Waals surface area contributed by atoms with Crippen LogP contribution in [0.1, 0.15) is 36.8 Å². The molecule has 37 heavy (non-hydrogen) atoms. The van der Waals surface area contributed by atoms with Crippen LogP contribution in [0.3, 0.4) is 0 Å². The van der Waals surface area contributed by atoms with E-state index < -0.39 is 6.04 Å². The molecule has 2 aliphatic carbocycles. The van der Waals surface area contributed by atoms with Gasteiger partial charge in [0.05, 0.1) is 30.2 Å². The van der Waals surface area contributed by atoms with Gasteiger partial charge in [0.25, 0.3) is 0 Å². The van der Waals surface area contributed by atoms with E-state index in [4.69, 9.17) is 20.4 Å².